The van der Waals surface area contributed by atoms with Crippen molar-refractivity contribution in [2.45, 2.75) is 11.4 Å². The Bertz CT molecular complexity index is 1150. The summed E-state index contributed by atoms with van der Waals surface area (Å²) >= 11 is 1.74. The molecule has 3 aromatic rings. The number of benzene rings is 1. The van der Waals surface area contributed by atoms with Gasteiger partial charge in [0.1, 0.15) is 5.75 Å². The van der Waals surface area contributed by atoms with E-state index in [4.69, 9.17) is 4.74 Å². The standard InChI is InChI=1S/C18H20N4O4S2/c1-26-15-4-2-14(3-5-15)12-22-18(23)21-13-16(6-7-17(21)19-22)28(24,25)20-8-10-27-11-9-20/h2-7,13H,8-12H2,1H3. The van der Waals surface area contributed by atoms with Gasteiger partial charge in [-0.3, -0.25) is 0 Å². The summed E-state index contributed by atoms with van der Waals surface area (Å²) in [6.45, 7) is 1.25. The van der Waals surface area contributed by atoms with Crippen molar-refractivity contribution < 1.29 is 13.2 Å². The van der Waals surface area contributed by atoms with Crippen LogP contribution < -0.4 is 10.4 Å². The fraction of sp³-hybridized carbons (Fsp3) is 0.333. The predicted molar refractivity (Wildman–Crippen MR) is 108 cm³/mol. The molecule has 10 heteroatoms. The molecule has 1 aliphatic heterocycles. The largest absolute Gasteiger partial charge is 0.497 e. The molecule has 0 N–H and O–H groups in total. The third-order valence-electron chi connectivity index (χ3n) is 4.65. The van der Waals surface area contributed by atoms with Gasteiger partial charge in [0.15, 0.2) is 5.65 Å². The van der Waals surface area contributed by atoms with Crippen LogP contribution in [0, 0.1) is 0 Å². The highest BCUT2D eigenvalue weighted by molar-refractivity contribution is 7.99. The number of ether oxygens (including phenoxy) is 1. The molecule has 8 nitrogen and oxygen atoms in total. The van der Waals surface area contributed by atoms with Crippen LogP contribution in [-0.2, 0) is 16.6 Å². The van der Waals surface area contributed by atoms with Gasteiger partial charge in [-0.15, -0.1) is 5.10 Å². The van der Waals surface area contributed by atoms with Crippen LogP contribution >= 0.6 is 11.8 Å². The molecule has 1 aromatic carbocycles. The van der Waals surface area contributed by atoms with Gasteiger partial charge in [-0.25, -0.2) is 22.3 Å². The smallest absolute Gasteiger partial charge is 0.350 e. The average Bonchev–Trinajstić information content (AvgIpc) is 3.04. The molecule has 28 heavy (non-hydrogen) atoms. The van der Waals surface area contributed by atoms with Gasteiger partial charge in [-0.1, -0.05) is 12.1 Å². The Morgan fingerprint density at radius 1 is 1.11 bits per heavy atom. The summed E-state index contributed by atoms with van der Waals surface area (Å²) in [4.78, 5) is 12.8. The fourth-order valence-electron chi connectivity index (χ4n) is 3.09. The second-order valence-electron chi connectivity index (χ2n) is 6.40. The van der Waals surface area contributed by atoms with Gasteiger partial charge in [0, 0.05) is 30.8 Å². The summed E-state index contributed by atoms with van der Waals surface area (Å²) in [6, 6.07) is 10.4. The number of methoxy groups -OCH3 is 1. The maximum absolute atomic E-state index is 12.9. The Kier molecular flexibility index (Phi) is 5.17. The number of thioether (sulfide) groups is 1. The van der Waals surface area contributed by atoms with E-state index in [1.807, 2.05) is 24.3 Å². The van der Waals surface area contributed by atoms with Crippen LogP contribution in [0.3, 0.4) is 0 Å². The van der Waals surface area contributed by atoms with E-state index in [0.717, 1.165) is 22.8 Å². The molecule has 0 atom stereocenters. The molecule has 1 fully saturated rings. The highest BCUT2D eigenvalue weighted by Gasteiger charge is 2.27. The molecular formula is C18H20N4O4S2. The van der Waals surface area contributed by atoms with E-state index < -0.39 is 10.0 Å². The quantitative estimate of drug-likeness (QED) is 0.618. The molecule has 2 aromatic heterocycles. The van der Waals surface area contributed by atoms with Crippen LogP contribution in [0.5, 0.6) is 5.75 Å². The zero-order valence-corrected chi connectivity index (χ0v) is 16.9. The van der Waals surface area contributed by atoms with Crippen molar-refractivity contribution in [3.05, 3.63) is 58.6 Å². The minimum atomic E-state index is -3.62. The van der Waals surface area contributed by atoms with Gasteiger partial charge in [0.25, 0.3) is 0 Å². The molecule has 0 spiro atoms. The maximum Gasteiger partial charge on any atom is 0.350 e. The third-order valence-corrected chi connectivity index (χ3v) is 7.47. The van der Waals surface area contributed by atoms with Crippen LogP contribution in [0.15, 0.2) is 52.3 Å². The van der Waals surface area contributed by atoms with Crippen molar-refractivity contribution in [1.29, 1.82) is 0 Å². The number of aromatic nitrogens is 3. The third kappa shape index (κ3) is 3.54. The molecule has 0 bridgehead atoms. The Morgan fingerprint density at radius 2 is 1.82 bits per heavy atom. The Morgan fingerprint density at radius 3 is 2.50 bits per heavy atom. The van der Waals surface area contributed by atoms with Crippen molar-refractivity contribution >= 4 is 27.4 Å². The van der Waals surface area contributed by atoms with E-state index in [-0.39, 0.29) is 17.1 Å². The predicted octanol–water partition coefficient (Wildman–Crippen LogP) is 1.29. The molecule has 148 valence electrons. The molecular weight excluding hydrogens is 400 g/mol. The van der Waals surface area contributed by atoms with Crippen LogP contribution in [0.1, 0.15) is 5.56 Å². The normalized spacial score (nSPS) is 15.8. The molecule has 0 amide bonds. The molecule has 1 saturated heterocycles. The highest BCUT2D eigenvalue weighted by atomic mass is 32.2. The second-order valence-corrected chi connectivity index (χ2v) is 9.56. The van der Waals surface area contributed by atoms with Gasteiger partial charge in [0.2, 0.25) is 10.0 Å². The van der Waals surface area contributed by atoms with Crippen molar-refractivity contribution in [1.82, 2.24) is 18.5 Å². The van der Waals surface area contributed by atoms with Crippen molar-refractivity contribution in [2.24, 2.45) is 0 Å². The summed E-state index contributed by atoms with van der Waals surface area (Å²) in [6.07, 6.45) is 1.37. The van der Waals surface area contributed by atoms with Gasteiger partial charge >= 0.3 is 5.69 Å². The zero-order valence-electron chi connectivity index (χ0n) is 15.3. The van der Waals surface area contributed by atoms with Crippen molar-refractivity contribution in [2.75, 3.05) is 31.7 Å². The van der Waals surface area contributed by atoms with Gasteiger partial charge in [0.05, 0.1) is 18.6 Å². The molecule has 0 saturated carbocycles. The number of fused-ring (bicyclic) bond motifs is 1. The lowest BCUT2D eigenvalue weighted by molar-refractivity contribution is 0.414. The van der Waals surface area contributed by atoms with Crippen LogP contribution in [0.25, 0.3) is 5.65 Å². The molecule has 0 unspecified atom stereocenters. The monoisotopic (exact) mass is 420 g/mol. The SMILES string of the molecule is COc1ccc(Cn2nc3ccc(S(=O)(=O)N4CCSCC4)cn3c2=O)cc1. The van der Waals surface area contributed by atoms with E-state index in [1.165, 1.54) is 25.7 Å². The van der Waals surface area contributed by atoms with E-state index >= 15 is 0 Å². The lowest BCUT2D eigenvalue weighted by Crippen LogP contribution is -2.38. The van der Waals surface area contributed by atoms with E-state index in [1.54, 1.807) is 24.9 Å². The van der Waals surface area contributed by atoms with Gasteiger partial charge < -0.3 is 4.74 Å². The van der Waals surface area contributed by atoms with Gasteiger partial charge in [-0.05, 0) is 29.8 Å². The Balaban J connectivity index is 1.66. The second kappa shape index (κ2) is 7.61. The molecule has 1 aliphatic rings. The average molecular weight is 421 g/mol. The summed E-state index contributed by atoms with van der Waals surface area (Å²) < 4.78 is 34.9. The first kappa shape index (κ1) is 19.0. The van der Waals surface area contributed by atoms with Crippen LogP contribution in [0.2, 0.25) is 0 Å². The number of hydrogen-bond acceptors (Lipinski definition) is 6. The Labute approximate surface area is 166 Å². The first-order valence-electron chi connectivity index (χ1n) is 8.79. The minimum Gasteiger partial charge on any atom is -0.497 e. The van der Waals surface area contributed by atoms with E-state index in [2.05, 4.69) is 5.10 Å². The van der Waals surface area contributed by atoms with Gasteiger partial charge in [-0.2, -0.15) is 16.1 Å². The maximum atomic E-state index is 12.9. The summed E-state index contributed by atoms with van der Waals surface area (Å²) in [5.74, 6) is 2.29. The summed E-state index contributed by atoms with van der Waals surface area (Å²) in [5, 5.41) is 4.31. The van der Waals surface area contributed by atoms with Crippen LogP contribution in [0.4, 0.5) is 0 Å². The van der Waals surface area contributed by atoms with Crippen LogP contribution in [-0.4, -0.2) is 58.6 Å². The highest BCUT2D eigenvalue weighted by Crippen LogP contribution is 2.20. The molecule has 3 heterocycles. The molecule has 0 aliphatic carbocycles. The summed E-state index contributed by atoms with van der Waals surface area (Å²) in [7, 11) is -2.03. The van der Waals surface area contributed by atoms with Crippen molar-refractivity contribution in [3.8, 4) is 5.75 Å². The topological polar surface area (TPSA) is 85.9 Å². The zero-order chi connectivity index (χ0) is 19.7. The van der Waals surface area contributed by atoms with E-state index in [0.29, 0.717) is 18.7 Å². The lowest BCUT2D eigenvalue weighted by Gasteiger charge is -2.25. The van der Waals surface area contributed by atoms with E-state index in [9.17, 15) is 13.2 Å². The first-order chi connectivity index (χ1) is 13.5. The molecule has 0 radical (unpaired) electrons. The number of rotatable bonds is 5. The molecule has 4 rings (SSSR count). The first-order valence-corrected chi connectivity index (χ1v) is 11.4. The Hall–Kier alpha value is -2.30. The fourth-order valence-corrected chi connectivity index (χ4v) is 5.67. The number of hydrogen-bond donors (Lipinski definition) is 0. The number of sulfonamides is 1. The minimum absolute atomic E-state index is 0.109. The lowest BCUT2D eigenvalue weighted by atomic mass is 10.2. The number of nitrogens with zero attached hydrogens (tertiary/aromatic N) is 4. The number of pyridine rings is 1. The van der Waals surface area contributed by atoms with Crippen molar-refractivity contribution in [3.63, 3.8) is 0 Å². The summed E-state index contributed by atoms with van der Waals surface area (Å²) in [5.41, 5.74) is 0.925.